The lowest BCUT2D eigenvalue weighted by Gasteiger charge is -2.11. The Labute approximate surface area is 131 Å². The van der Waals surface area contributed by atoms with E-state index in [0.29, 0.717) is 0 Å². The van der Waals surface area contributed by atoms with Gasteiger partial charge in [0.05, 0.1) is 21.0 Å². The average Bonchev–Trinajstić information content (AvgIpc) is 2.56. The molecule has 0 saturated heterocycles. The van der Waals surface area contributed by atoms with Crippen molar-refractivity contribution >= 4 is 17.6 Å². The molecule has 2 aromatic carbocycles. The summed E-state index contributed by atoms with van der Waals surface area (Å²) in [5, 5.41) is 22.0. The molecule has 0 aromatic heterocycles. The third-order valence-electron chi connectivity index (χ3n) is 3.11. The van der Waals surface area contributed by atoms with Crippen LogP contribution in [0.2, 0.25) is 0 Å². The molecule has 0 spiro atoms. The number of para-hydroxylation sites is 2. The van der Waals surface area contributed by atoms with Gasteiger partial charge in [-0.05, 0) is 12.1 Å². The quantitative estimate of drug-likeness (QED) is 0.462. The Morgan fingerprint density at radius 2 is 1.57 bits per heavy atom. The predicted octanol–water partition coefficient (Wildman–Crippen LogP) is 3.27. The van der Waals surface area contributed by atoms with Gasteiger partial charge in [-0.1, -0.05) is 24.3 Å². The van der Waals surface area contributed by atoms with Crippen LogP contribution in [-0.4, -0.2) is 23.2 Å². The minimum Gasteiger partial charge on any atom is -0.355 e. The normalized spacial score (nSPS) is 12.2. The number of nitro groups is 2. The number of benzene rings is 2. The Balaban J connectivity index is 2.38. The number of nitrogens with zero attached hydrogens (tertiary/aromatic N) is 3. The molecular weight excluding hydrogens is 302 g/mol. The zero-order valence-electron chi connectivity index (χ0n) is 12.2. The van der Waals surface area contributed by atoms with E-state index >= 15 is 0 Å². The summed E-state index contributed by atoms with van der Waals surface area (Å²) in [7, 11) is 1.36. The van der Waals surface area contributed by atoms with Crippen molar-refractivity contribution in [3.05, 3.63) is 79.9 Å². The fourth-order valence-corrected chi connectivity index (χ4v) is 2.04. The molecule has 2 rings (SSSR count). The molecule has 23 heavy (non-hydrogen) atoms. The second-order valence-corrected chi connectivity index (χ2v) is 4.50. The molecule has 118 valence electrons. The molecule has 0 heterocycles. The van der Waals surface area contributed by atoms with E-state index in [9.17, 15) is 20.2 Å². The monoisotopic (exact) mass is 315 g/mol. The standard InChI is InChI=1S/C15H13N3O5/c1-23-15(12-7-3-5-9-14(12)18(21)22)16-10-11-6-2-4-8-13(11)17(19)20/h2-10,15H,1H3. The van der Waals surface area contributed by atoms with Gasteiger partial charge in [0, 0.05) is 25.5 Å². The number of ether oxygens (including phenoxy) is 1. The Bertz CT molecular complexity index is 760. The minimum atomic E-state index is -0.934. The topological polar surface area (TPSA) is 108 Å². The van der Waals surface area contributed by atoms with Gasteiger partial charge >= 0.3 is 0 Å². The van der Waals surface area contributed by atoms with E-state index in [-0.39, 0.29) is 22.5 Å². The highest BCUT2D eigenvalue weighted by molar-refractivity contribution is 5.85. The summed E-state index contributed by atoms with van der Waals surface area (Å²) in [6, 6.07) is 12.1. The maximum Gasteiger partial charge on any atom is 0.278 e. The lowest BCUT2D eigenvalue weighted by Crippen LogP contribution is -2.04. The van der Waals surface area contributed by atoms with Crippen molar-refractivity contribution in [1.82, 2.24) is 0 Å². The van der Waals surface area contributed by atoms with Crippen LogP contribution in [0.4, 0.5) is 11.4 Å². The lowest BCUT2D eigenvalue weighted by molar-refractivity contribution is -0.386. The Kier molecular flexibility index (Phi) is 5.11. The third kappa shape index (κ3) is 3.74. The van der Waals surface area contributed by atoms with E-state index in [0.717, 1.165) is 0 Å². The van der Waals surface area contributed by atoms with Gasteiger partial charge in [0.2, 0.25) is 0 Å². The first-order valence-electron chi connectivity index (χ1n) is 6.57. The first kappa shape index (κ1) is 16.2. The lowest BCUT2D eigenvalue weighted by atomic mass is 10.1. The Hall–Kier alpha value is -3.13. The van der Waals surface area contributed by atoms with Crippen molar-refractivity contribution in [3.63, 3.8) is 0 Å². The summed E-state index contributed by atoms with van der Waals surface area (Å²) < 4.78 is 5.18. The average molecular weight is 315 g/mol. The zero-order valence-corrected chi connectivity index (χ0v) is 12.2. The van der Waals surface area contributed by atoms with Crippen LogP contribution in [0.5, 0.6) is 0 Å². The Morgan fingerprint density at radius 1 is 1.00 bits per heavy atom. The fraction of sp³-hybridized carbons (Fsp3) is 0.133. The van der Waals surface area contributed by atoms with Gasteiger partial charge < -0.3 is 4.74 Å². The largest absolute Gasteiger partial charge is 0.355 e. The van der Waals surface area contributed by atoms with E-state index in [4.69, 9.17) is 4.74 Å². The first-order valence-corrected chi connectivity index (χ1v) is 6.57. The van der Waals surface area contributed by atoms with Crippen molar-refractivity contribution in [3.8, 4) is 0 Å². The SMILES string of the molecule is COC(N=Cc1ccccc1[N+](=O)[O-])c1ccccc1[N+](=O)[O-]. The molecular formula is C15H13N3O5. The smallest absolute Gasteiger partial charge is 0.278 e. The highest BCUT2D eigenvalue weighted by Crippen LogP contribution is 2.28. The molecule has 2 aromatic rings. The highest BCUT2D eigenvalue weighted by atomic mass is 16.6. The minimum absolute atomic E-state index is 0.103. The molecule has 0 N–H and O–H groups in total. The molecule has 8 nitrogen and oxygen atoms in total. The number of hydrogen-bond acceptors (Lipinski definition) is 6. The van der Waals surface area contributed by atoms with Gasteiger partial charge in [0.1, 0.15) is 0 Å². The van der Waals surface area contributed by atoms with Crippen LogP contribution in [0.1, 0.15) is 17.4 Å². The number of methoxy groups -OCH3 is 1. The summed E-state index contributed by atoms with van der Waals surface area (Å²) in [5.74, 6) is 0. The van der Waals surface area contributed by atoms with Crippen LogP contribution < -0.4 is 0 Å². The maximum absolute atomic E-state index is 11.1. The van der Waals surface area contributed by atoms with E-state index < -0.39 is 16.1 Å². The van der Waals surface area contributed by atoms with Gasteiger partial charge in [-0.2, -0.15) is 0 Å². The van der Waals surface area contributed by atoms with Crippen molar-refractivity contribution in [2.75, 3.05) is 7.11 Å². The van der Waals surface area contributed by atoms with Gasteiger partial charge in [-0.25, -0.2) is 0 Å². The van der Waals surface area contributed by atoms with Gasteiger partial charge in [-0.3, -0.25) is 25.2 Å². The molecule has 0 aliphatic heterocycles. The maximum atomic E-state index is 11.1. The van der Waals surface area contributed by atoms with E-state index in [1.807, 2.05) is 0 Å². The molecule has 0 aliphatic rings. The van der Waals surface area contributed by atoms with Crippen molar-refractivity contribution in [1.29, 1.82) is 0 Å². The number of aliphatic imine (C=N–C) groups is 1. The predicted molar refractivity (Wildman–Crippen MR) is 83.5 cm³/mol. The van der Waals surface area contributed by atoms with Gasteiger partial charge in [0.25, 0.3) is 11.4 Å². The molecule has 1 unspecified atom stereocenters. The molecule has 0 saturated carbocycles. The molecule has 1 atom stereocenters. The summed E-state index contributed by atoms with van der Waals surface area (Å²) in [6.45, 7) is 0. The second-order valence-electron chi connectivity index (χ2n) is 4.50. The van der Waals surface area contributed by atoms with Crippen LogP contribution >= 0.6 is 0 Å². The van der Waals surface area contributed by atoms with Crippen molar-refractivity contribution in [2.45, 2.75) is 6.23 Å². The molecule has 0 bridgehead atoms. The highest BCUT2D eigenvalue weighted by Gasteiger charge is 2.20. The van der Waals surface area contributed by atoms with Crippen LogP contribution in [0.15, 0.2) is 53.5 Å². The van der Waals surface area contributed by atoms with Crippen LogP contribution in [0, 0.1) is 20.2 Å². The van der Waals surface area contributed by atoms with Gasteiger partial charge in [-0.15, -0.1) is 0 Å². The van der Waals surface area contributed by atoms with E-state index in [2.05, 4.69) is 4.99 Å². The van der Waals surface area contributed by atoms with Gasteiger partial charge in [0.15, 0.2) is 6.23 Å². The van der Waals surface area contributed by atoms with E-state index in [1.165, 1.54) is 37.6 Å². The fourth-order valence-electron chi connectivity index (χ4n) is 2.04. The summed E-state index contributed by atoms with van der Waals surface area (Å²) >= 11 is 0. The van der Waals surface area contributed by atoms with Crippen molar-refractivity contribution in [2.24, 2.45) is 4.99 Å². The second kappa shape index (κ2) is 7.23. The first-order chi connectivity index (χ1) is 11.0. The molecule has 0 amide bonds. The Morgan fingerprint density at radius 3 is 2.17 bits per heavy atom. The van der Waals surface area contributed by atoms with Crippen LogP contribution in [0.3, 0.4) is 0 Å². The third-order valence-corrected chi connectivity index (χ3v) is 3.11. The number of rotatable bonds is 6. The molecule has 0 fully saturated rings. The van der Waals surface area contributed by atoms with Crippen molar-refractivity contribution < 1.29 is 14.6 Å². The molecule has 8 heteroatoms. The summed E-state index contributed by atoms with van der Waals surface area (Å²) in [4.78, 5) is 25.1. The molecule has 0 radical (unpaired) electrons. The summed E-state index contributed by atoms with van der Waals surface area (Å²) in [6.07, 6.45) is 0.347. The zero-order chi connectivity index (χ0) is 16.8. The van der Waals surface area contributed by atoms with Crippen LogP contribution in [-0.2, 0) is 4.74 Å². The van der Waals surface area contributed by atoms with E-state index in [1.54, 1.807) is 24.3 Å². The number of hydrogen-bond donors (Lipinski definition) is 0. The number of nitro benzene ring substituents is 2. The molecule has 0 aliphatic carbocycles. The summed E-state index contributed by atoms with van der Waals surface area (Å²) in [5.41, 5.74) is 0.334. The van der Waals surface area contributed by atoms with Crippen LogP contribution in [0.25, 0.3) is 0 Å².